The molecule has 0 aliphatic heterocycles. The Kier molecular flexibility index (Phi) is 5.97. The van der Waals surface area contributed by atoms with Gasteiger partial charge in [0.25, 0.3) is 0 Å². The number of halogens is 2. The summed E-state index contributed by atoms with van der Waals surface area (Å²) in [7, 11) is 0. The molecule has 0 spiro atoms. The van der Waals surface area contributed by atoms with E-state index in [0.717, 1.165) is 11.5 Å². The van der Waals surface area contributed by atoms with Crippen molar-refractivity contribution in [1.82, 2.24) is 5.32 Å². The lowest BCUT2D eigenvalue weighted by molar-refractivity contribution is -0.0498. The lowest BCUT2D eigenvalue weighted by atomic mass is 10.0. The summed E-state index contributed by atoms with van der Waals surface area (Å²) in [5.41, 5.74) is 1.11. The first-order chi connectivity index (χ1) is 10.0. The van der Waals surface area contributed by atoms with E-state index < -0.39 is 6.61 Å². The van der Waals surface area contributed by atoms with Gasteiger partial charge in [-0.3, -0.25) is 0 Å². The van der Waals surface area contributed by atoms with Crippen LogP contribution in [0.2, 0.25) is 0 Å². The Hall–Kier alpha value is -1.16. The molecule has 3 unspecified atom stereocenters. The van der Waals surface area contributed by atoms with E-state index >= 15 is 0 Å². The third-order valence-corrected chi connectivity index (χ3v) is 4.35. The van der Waals surface area contributed by atoms with E-state index in [4.69, 9.17) is 0 Å². The molecule has 1 aliphatic carbocycles. The largest absolute Gasteiger partial charge is 0.435 e. The van der Waals surface area contributed by atoms with Crippen molar-refractivity contribution in [2.24, 2.45) is 5.92 Å². The number of nitrogens with one attached hydrogen (secondary N) is 1. The summed E-state index contributed by atoms with van der Waals surface area (Å²) in [6.07, 6.45) is 6.34. The Bertz CT molecular complexity index is 421. The van der Waals surface area contributed by atoms with Crippen LogP contribution in [0, 0.1) is 5.92 Å². The van der Waals surface area contributed by atoms with Gasteiger partial charge in [-0.05, 0) is 49.8 Å². The highest BCUT2D eigenvalue weighted by Crippen LogP contribution is 2.25. The van der Waals surface area contributed by atoms with Gasteiger partial charge in [0, 0.05) is 12.1 Å². The third-order valence-electron chi connectivity index (χ3n) is 4.35. The molecule has 1 saturated carbocycles. The molecule has 0 saturated heterocycles. The molecule has 1 fully saturated rings. The van der Waals surface area contributed by atoms with Crippen LogP contribution in [0.5, 0.6) is 5.75 Å². The SMILES string of the molecule is CC1CCCC(NC(C)c2ccc(OC(F)F)cc2)CC1. The van der Waals surface area contributed by atoms with Gasteiger partial charge in [0.1, 0.15) is 5.75 Å². The zero-order valence-corrected chi connectivity index (χ0v) is 12.8. The zero-order chi connectivity index (χ0) is 15.2. The van der Waals surface area contributed by atoms with Crippen molar-refractivity contribution in [2.75, 3.05) is 0 Å². The molecular weight excluding hydrogens is 272 g/mol. The summed E-state index contributed by atoms with van der Waals surface area (Å²) < 4.78 is 28.6. The molecule has 4 heteroatoms. The molecule has 1 aromatic carbocycles. The van der Waals surface area contributed by atoms with Crippen molar-refractivity contribution in [1.29, 1.82) is 0 Å². The maximum Gasteiger partial charge on any atom is 0.387 e. The van der Waals surface area contributed by atoms with Crippen LogP contribution in [0.4, 0.5) is 8.78 Å². The number of hydrogen-bond acceptors (Lipinski definition) is 2. The number of alkyl halides is 2. The van der Waals surface area contributed by atoms with E-state index in [-0.39, 0.29) is 11.8 Å². The minimum atomic E-state index is -2.76. The number of rotatable bonds is 5. The van der Waals surface area contributed by atoms with Gasteiger partial charge in [-0.15, -0.1) is 0 Å². The topological polar surface area (TPSA) is 21.3 Å². The van der Waals surface area contributed by atoms with Gasteiger partial charge in [0.2, 0.25) is 0 Å². The lowest BCUT2D eigenvalue weighted by Gasteiger charge is -2.22. The lowest BCUT2D eigenvalue weighted by Crippen LogP contribution is -2.31. The maximum absolute atomic E-state index is 12.1. The summed E-state index contributed by atoms with van der Waals surface area (Å²) in [5.74, 6) is 1.04. The monoisotopic (exact) mass is 297 g/mol. The average molecular weight is 297 g/mol. The molecule has 0 heterocycles. The molecule has 3 atom stereocenters. The third kappa shape index (κ3) is 5.27. The van der Waals surface area contributed by atoms with Crippen molar-refractivity contribution >= 4 is 0 Å². The fourth-order valence-electron chi connectivity index (χ4n) is 3.04. The predicted molar refractivity (Wildman–Crippen MR) is 80.7 cm³/mol. The van der Waals surface area contributed by atoms with E-state index in [1.165, 1.54) is 32.1 Å². The van der Waals surface area contributed by atoms with Crippen LogP contribution in [-0.2, 0) is 0 Å². The fourth-order valence-corrected chi connectivity index (χ4v) is 3.04. The average Bonchev–Trinajstić information content (AvgIpc) is 2.64. The fraction of sp³-hybridized carbons (Fsp3) is 0.647. The van der Waals surface area contributed by atoms with Crippen LogP contribution in [0.3, 0.4) is 0 Å². The van der Waals surface area contributed by atoms with Gasteiger partial charge in [0.15, 0.2) is 0 Å². The number of benzene rings is 1. The maximum atomic E-state index is 12.1. The Labute approximate surface area is 125 Å². The van der Waals surface area contributed by atoms with Gasteiger partial charge in [-0.1, -0.05) is 31.9 Å². The molecule has 2 rings (SSSR count). The van der Waals surface area contributed by atoms with Gasteiger partial charge in [0.05, 0.1) is 0 Å². The zero-order valence-electron chi connectivity index (χ0n) is 12.8. The highest BCUT2D eigenvalue weighted by atomic mass is 19.3. The standard InChI is InChI=1S/C17H25F2NO/c1-12-4-3-5-15(9-6-12)20-13(2)14-7-10-16(11-8-14)21-17(18)19/h7-8,10-13,15,17,20H,3-6,9H2,1-2H3. The van der Waals surface area contributed by atoms with E-state index in [0.29, 0.717) is 6.04 Å². The molecule has 0 bridgehead atoms. The predicted octanol–water partition coefficient (Wildman–Crippen LogP) is 4.91. The molecule has 0 radical (unpaired) electrons. The summed E-state index contributed by atoms with van der Waals surface area (Å²) >= 11 is 0. The van der Waals surface area contributed by atoms with Crippen LogP contribution in [0.25, 0.3) is 0 Å². The summed E-state index contributed by atoms with van der Waals surface area (Å²) in [6, 6.07) is 7.71. The first-order valence-corrected chi connectivity index (χ1v) is 7.85. The molecule has 21 heavy (non-hydrogen) atoms. The quantitative estimate of drug-likeness (QED) is 0.780. The summed E-state index contributed by atoms with van der Waals surface area (Å²) in [6.45, 7) is 1.68. The Morgan fingerprint density at radius 1 is 1.10 bits per heavy atom. The van der Waals surface area contributed by atoms with Crippen LogP contribution in [0.15, 0.2) is 24.3 Å². The van der Waals surface area contributed by atoms with Gasteiger partial charge in [-0.25, -0.2) is 0 Å². The summed E-state index contributed by atoms with van der Waals surface area (Å²) in [5, 5.41) is 3.67. The van der Waals surface area contributed by atoms with Gasteiger partial charge in [-0.2, -0.15) is 8.78 Å². The second-order valence-corrected chi connectivity index (χ2v) is 6.15. The van der Waals surface area contributed by atoms with E-state index in [9.17, 15) is 8.78 Å². The normalized spacial score (nSPS) is 24.6. The van der Waals surface area contributed by atoms with Crippen molar-refractivity contribution in [2.45, 2.75) is 64.6 Å². The van der Waals surface area contributed by atoms with Gasteiger partial charge < -0.3 is 10.1 Å². The second kappa shape index (κ2) is 7.74. The number of ether oxygens (including phenoxy) is 1. The van der Waals surface area contributed by atoms with Crippen LogP contribution in [-0.4, -0.2) is 12.7 Å². The number of hydrogen-bond donors (Lipinski definition) is 1. The van der Waals surface area contributed by atoms with E-state index in [1.807, 2.05) is 12.1 Å². The first-order valence-electron chi connectivity index (χ1n) is 7.85. The Morgan fingerprint density at radius 3 is 2.48 bits per heavy atom. The first kappa shape index (κ1) is 16.2. The van der Waals surface area contributed by atoms with Crippen LogP contribution in [0.1, 0.15) is 57.6 Å². The molecule has 0 amide bonds. The van der Waals surface area contributed by atoms with Crippen LogP contribution < -0.4 is 10.1 Å². The minimum absolute atomic E-state index is 0.212. The van der Waals surface area contributed by atoms with E-state index in [1.54, 1.807) is 12.1 Å². The van der Waals surface area contributed by atoms with Crippen LogP contribution >= 0.6 is 0 Å². The highest BCUT2D eigenvalue weighted by molar-refractivity contribution is 5.29. The molecule has 0 aromatic heterocycles. The smallest absolute Gasteiger partial charge is 0.387 e. The second-order valence-electron chi connectivity index (χ2n) is 6.15. The molecule has 1 aromatic rings. The minimum Gasteiger partial charge on any atom is -0.435 e. The van der Waals surface area contributed by atoms with Gasteiger partial charge >= 0.3 is 6.61 Å². The molecular formula is C17H25F2NO. The molecule has 1 N–H and O–H groups in total. The molecule has 2 nitrogen and oxygen atoms in total. The van der Waals surface area contributed by atoms with E-state index in [2.05, 4.69) is 23.9 Å². The Morgan fingerprint density at radius 2 is 1.81 bits per heavy atom. The van der Waals surface area contributed by atoms with Crippen molar-refractivity contribution in [3.05, 3.63) is 29.8 Å². The van der Waals surface area contributed by atoms with Crippen molar-refractivity contribution in [3.8, 4) is 5.75 Å². The summed E-state index contributed by atoms with van der Waals surface area (Å²) in [4.78, 5) is 0. The van der Waals surface area contributed by atoms with Crippen molar-refractivity contribution < 1.29 is 13.5 Å². The molecule has 118 valence electrons. The molecule has 1 aliphatic rings. The Balaban J connectivity index is 1.88. The highest BCUT2D eigenvalue weighted by Gasteiger charge is 2.18. The van der Waals surface area contributed by atoms with Crippen molar-refractivity contribution in [3.63, 3.8) is 0 Å².